The van der Waals surface area contributed by atoms with E-state index >= 15 is 0 Å². The molecule has 0 bridgehead atoms. The van der Waals surface area contributed by atoms with Crippen LogP contribution in [0.2, 0.25) is 0 Å². The topological polar surface area (TPSA) is 57.7 Å². The Morgan fingerprint density at radius 2 is 1.74 bits per heavy atom. The van der Waals surface area contributed by atoms with Crippen molar-refractivity contribution in [1.29, 1.82) is 0 Å². The lowest BCUT2D eigenvalue weighted by atomic mass is 10.1. The van der Waals surface area contributed by atoms with Crippen LogP contribution in [-0.4, -0.2) is 53.5 Å². The van der Waals surface area contributed by atoms with Crippen molar-refractivity contribution >= 4 is 28.2 Å². The van der Waals surface area contributed by atoms with Gasteiger partial charge in [-0.1, -0.05) is 48.5 Å². The Bertz CT molecular complexity index is 1460. The molecule has 39 heavy (non-hydrogen) atoms. The van der Waals surface area contributed by atoms with E-state index in [4.69, 9.17) is 4.74 Å². The number of nitrogens with one attached hydrogen (secondary N) is 1. The molecule has 1 saturated heterocycles. The van der Waals surface area contributed by atoms with Crippen molar-refractivity contribution in [2.45, 2.75) is 19.6 Å². The zero-order chi connectivity index (χ0) is 27.4. The lowest BCUT2D eigenvalue weighted by Crippen LogP contribution is -2.50. The third-order valence-electron chi connectivity index (χ3n) is 6.65. The summed E-state index contributed by atoms with van der Waals surface area (Å²) in [6.45, 7) is 4.50. The van der Waals surface area contributed by atoms with Gasteiger partial charge in [-0.05, 0) is 36.8 Å². The quantitative estimate of drug-likeness (QED) is 0.299. The summed E-state index contributed by atoms with van der Waals surface area (Å²) in [6.07, 6.45) is -4.53. The van der Waals surface area contributed by atoms with E-state index < -0.39 is 11.7 Å². The molecule has 0 atom stereocenters. The molecule has 0 spiro atoms. The molecule has 1 aromatic heterocycles. The van der Waals surface area contributed by atoms with Crippen molar-refractivity contribution < 1.29 is 22.7 Å². The van der Waals surface area contributed by atoms with Crippen LogP contribution in [0.15, 0.2) is 78.9 Å². The van der Waals surface area contributed by atoms with Crippen LogP contribution in [0.4, 0.5) is 24.5 Å². The number of nitrogens with zero attached hydrogens (tertiary/aromatic N) is 3. The van der Waals surface area contributed by atoms with Gasteiger partial charge in [0.1, 0.15) is 12.4 Å². The van der Waals surface area contributed by atoms with Gasteiger partial charge in [0.05, 0.1) is 17.6 Å². The molecular formula is C30H29F3N4O2. The number of carbonyl (C=O) groups is 1. The number of rotatable bonds is 8. The number of halogens is 3. The third-order valence-corrected chi connectivity index (χ3v) is 6.65. The van der Waals surface area contributed by atoms with E-state index in [1.165, 1.54) is 0 Å². The first-order valence-corrected chi connectivity index (χ1v) is 12.8. The van der Waals surface area contributed by atoms with Gasteiger partial charge >= 0.3 is 6.18 Å². The van der Waals surface area contributed by atoms with Gasteiger partial charge in [0.15, 0.2) is 0 Å². The highest BCUT2D eigenvalue weighted by atomic mass is 19.4. The average Bonchev–Trinajstić information content (AvgIpc) is 2.90. The van der Waals surface area contributed by atoms with Gasteiger partial charge in [-0.3, -0.25) is 14.7 Å². The van der Waals surface area contributed by atoms with E-state index in [2.05, 4.69) is 10.3 Å². The van der Waals surface area contributed by atoms with Crippen LogP contribution in [0.5, 0.6) is 5.75 Å². The summed E-state index contributed by atoms with van der Waals surface area (Å²) in [6, 6.07) is 22.7. The predicted molar refractivity (Wildman–Crippen MR) is 145 cm³/mol. The fraction of sp³-hybridized carbons (Fsp3) is 0.267. The number of hydrogen-bond acceptors (Lipinski definition) is 5. The van der Waals surface area contributed by atoms with Crippen LogP contribution < -0.4 is 10.1 Å². The highest BCUT2D eigenvalue weighted by Crippen LogP contribution is 2.36. The van der Waals surface area contributed by atoms with Crippen LogP contribution in [0, 0.1) is 6.92 Å². The van der Waals surface area contributed by atoms with Gasteiger partial charge in [-0.15, -0.1) is 0 Å². The highest BCUT2D eigenvalue weighted by molar-refractivity contribution is 5.93. The number of alkyl halides is 3. The van der Waals surface area contributed by atoms with Crippen LogP contribution in [-0.2, 0) is 17.5 Å². The zero-order valence-corrected chi connectivity index (χ0v) is 21.5. The molecule has 1 fully saturated rings. The minimum absolute atomic E-state index is 0.0236. The number of ether oxygens (including phenoxy) is 1. The number of benzene rings is 3. The fourth-order valence-corrected chi connectivity index (χ4v) is 4.70. The molecule has 9 heteroatoms. The first-order valence-electron chi connectivity index (χ1n) is 12.8. The second-order valence-corrected chi connectivity index (χ2v) is 9.62. The maximum Gasteiger partial charge on any atom is 0.416 e. The first-order chi connectivity index (χ1) is 18.7. The molecule has 0 aliphatic carbocycles. The molecule has 0 unspecified atom stereocenters. The third kappa shape index (κ3) is 6.67. The molecule has 1 N–H and O–H groups in total. The van der Waals surface area contributed by atoms with E-state index in [9.17, 15) is 18.0 Å². The first kappa shape index (κ1) is 26.5. The summed E-state index contributed by atoms with van der Waals surface area (Å²) in [4.78, 5) is 20.9. The number of piperazine rings is 1. The summed E-state index contributed by atoms with van der Waals surface area (Å²) in [5, 5.41) is 3.94. The van der Waals surface area contributed by atoms with E-state index in [0.29, 0.717) is 31.9 Å². The van der Waals surface area contributed by atoms with Gasteiger partial charge in [0.2, 0.25) is 5.91 Å². The van der Waals surface area contributed by atoms with E-state index in [1.807, 2.05) is 71.3 Å². The predicted octanol–water partition coefficient (Wildman–Crippen LogP) is 6.03. The van der Waals surface area contributed by atoms with Gasteiger partial charge in [-0.25, -0.2) is 0 Å². The summed E-state index contributed by atoms with van der Waals surface area (Å²) in [5.74, 6) is 0.131. The van der Waals surface area contributed by atoms with Crippen LogP contribution in [0.3, 0.4) is 0 Å². The van der Waals surface area contributed by atoms with Crippen molar-refractivity contribution in [3.05, 3.63) is 95.7 Å². The number of fused-ring (bicyclic) bond motifs is 1. The number of carbonyl (C=O) groups excluding carboxylic acids is 1. The number of aromatic nitrogens is 1. The van der Waals surface area contributed by atoms with Crippen LogP contribution in [0.25, 0.3) is 10.9 Å². The largest absolute Gasteiger partial charge is 0.492 e. The van der Waals surface area contributed by atoms with E-state index in [-0.39, 0.29) is 30.5 Å². The molecule has 4 aromatic rings. The second kappa shape index (κ2) is 11.3. The van der Waals surface area contributed by atoms with Gasteiger partial charge in [0.25, 0.3) is 0 Å². The zero-order valence-electron chi connectivity index (χ0n) is 21.5. The molecule has 1 aliphatic rings. The molecule has 0 radical (unpaired) electrons. The number of aryl methyl sites for hydroxylation is 1. The molecule has 1 amide bonds. The summed E-state index contributed by atoms with van der Waals surface area (Å²) >= 11 is 0. The summed E-state index contributed by atoms with van der Waals surface area (Å²) in [5.41, 5.74) is 2.70. The summed E-state index contributed by atoms with van der Waals surface area (Å²) in [7, 11) is 0. The van der Waals surface area contributed by atoms with Crippen molar-refractivity contribution in [1.82, 2.24) is 14.8 Å². The number of hydrogen-bond donors (Lipinski definition) is 1. The molecule has 6 nitrogen and oxygen atoms in total. The normalized spacial score (nSPS) is 14.6. The maximum absolute atomic E-state index is 13.7. The molecular weight excluding hydrogens is 505 g/mol. The molecule has 2 heterocycles. The smallest absolute Gasteiger partial charge is 0.416 e. The molecule has 0 saturated carbocycles. The lowest BCUT2D eigenvalue weighted by molar-refractivity contribution is -0.138. The van der Waals surface area contributed by atoms with E-state index in [0.717, 1.165) is 34.3 Å². The van der Waals surface area contributed by atoms with E-state index in [1.54, 1.807) is 12.1 Å². The fourth-order valence-electron chi connectivity index (χ4n) is 4.70. The lowest BCUT2D eigenvalue weighted by Gasteiger charge is -2.34. The monoisotopic (exact) mass is 534 g/mol. The standard InChI is InChI=1S/C30H29F3N4O2/c1-21-15-28(26-9-5-6-10-27(26)34-21)35-24-16-23(30(31,32)33)17-25(18-24)39-14-13-36-11-12-37(29(38)20-36)19-22-7-3-2-4-8-22/h2-10,15-18H,11-14,19-20H2,1H3,(H,34,35). The van der Waals surface area contributed by atoms with Gasteiger partial charge in [0, 0.05) is 54.7 Å². The average molecular weight is 535 g/mol. The molecule has 5 rings (SSSR count). The van der Waals surface area contributed by atoms with Crippen molar-refractivity contribution in [3.63, 3.8) is 0 Å². The van der Waals surface area contributed by atoms with Crippen molar-refractivity contribution in [2.75, 3.05) is 38.1 Å². The Morgan fingerprint density at radius 1 is 0.974 bits per heavy atom. The second-order valence-electron chi connectivity index (χ2n) is 9.62. The number of pyridine rings is 1. The number of anilines is 2. The van der Waals surface area contributed by atoms with Crippen molar-refractivity contribution in [3.8, 4) is 5.75 Å². The molecule has 202 valence electrons. The Morgan fingerprint density at radius 3 is 2.51 bits per heavy atom. The Hall–Kier alpha value is -4.11. The number of para-hydroxylation sites is 1. The Labute approximate surface area is 225 Å². The minimum Gasteiger partial charge on any atom is -0.492 e. The van der Waals surface area contributed by atoms with Crippen molar-refractivity contribution in [2.24, 2.45) is 0 Å². The maximum atomic E-state index is 13.7. The SMILES string of the molecule is Cc1cc(Nc2cc(OCCN3CCN(Cc4ccccc4)C(=O)C3)cc(C(F)(F)F)c2)c2ccccc2n1. The van der Waals surface area contributed by atoms with Crippen LogP contribution >= 0.6 is 0 Å². The Kier molecular flexibility index (Phi) is 7.70. The van der Waals surface area contributed by atoms with Gasteiger partial charge < -0.3 is 15.0 Å². The minimum atomic E-state index is -4.53. The highest BCUT2D eigenvalue weighted by Gasteiger charge is 2.32. The number of amides is 1. The van der Waals surface area contributed by atoms with Gasteiger partial charge in [-0.2, -0.15) is 13.2 Å². The molecule has 3 aromatic carbocycles. The molecule has 1 aliphatic heterocycles. The Balaban J connectivity index is 1.24. The van der Waals surface area contributed by atoms with Crippen LogP contribution in [0.1, 0.15) is 16.8 Å². The summed E-state index contributed by atoms with van der Waals surface area (Å²) < 4.78 is 46.9.